The second-order valence-corrected chi connectivity index (χ2v) is 4.89. The van der Waals surface area contributed by atoms with Gasteiger partial charge in [-0.25, -0.2) is 0 Å². The smallest absolute Gasteiger partial charge is 0.172 e. The minimum absolute atomic E-state index is 0.142. The zero-order chi connectivity index (χ0) is 13.9. The number of hydrogen-bond donors (Lipinski definition) is 2. The van der Waals surface area contributed by atoms with Crippen molar-refractivity contribution in [3.63, 3.8) is 0 Å². The Labute approximate surface area is 118 Å². The molecule has 3 N–H and O–H groups in total. The van der Waals surface area contributed by atoms with Crippen molar-refractivity contribution in [2.75, 3.05) is 11.4 Å². The lowest BCUT2D eigenvalue weighted by molar-refractivity contribution is 0.318. The van der Waals surface area contributed by atoms with Crippen molar-refractivity contribution in [2.45, 2.75) is 12.8 Å². The molecule has 4 nitrogen and oxygen atoms in total. The first-order valence-corrected chi connectivity index (χ1v) is 6.73. The predicted molar refractivity (Wildman–Crippen MR) is 80.7 cm³/mol. The van der Waals surface area contributed by atoms with Gasteiger partial charge in [0.15, 0.2) is 5.84 Å². The highest BCUT2D eigenvalue weighted by atomic mass is 16.4. The topological polar surface area (TPSA) is 61.9 Å². The molecule has 0 radical (unpaired) electrons. The zero-order valence-electron chi connectivity index (χ0n) is 11.2. The predicted octanol–water partition coefficient (Wildman–Crippen LogP) is 2.87. The van der Waals surface area contributed by atoms with E-state index in [0.29, 0.717) is 0 Å². The van der Waals surface area contributed by atoms with E-state index in [9.17, 15) is 0 Å². The van der Waals surface area contributed by atoms with E-state index >= 15 is 0 Å². The van der Waals surface area contributed by atoms with Crippen molar-refractivity contribution in [1.82, 2.24) is 0 Å². The number of nitrogens with zero attached hydrogens (tertiary/aromatic N) is 2. The van der Waals surface area contributed by atoms with Gasteiger partial charge in [0.1, 0.15) is 0 Å². The first kappa shape index (κ1) is 12.5. The lowest BCUT2D eigenvalue weighted by Gasteiger charge is -2.32. The van der Waals surface area contributed by atoms with Crippen molar-refractivity contribution in [1.29, 1.82) is 0 Å². The highest BCUT2D eigenvalue weighted by Gasteiger charge is 2.20. The van der Waals surface area contributed by atoms with Gasteiger partial charge in [-0.1, -0.05) is 35.5 Å². The number of amidine groups is 1. The summed E-state index contributed by atoms with van der Waals surface area (Å²) in [4.78, 5) is 2.24. The van der Waals surface area contributed by atoms with E-state index in [0.717, 1.165) is 30.6 Å². The number of para-hydroxylation sites is 2. The molecule has 3 rings (SSSR count). The number of benzene rings is 2. The van der Waals surface area contributed by atoms with Gasteiger partial charge in [-0.15, -0.1) is 0 Å². The fourth-order valence-electron chi connectivity index (χ4n) is 2.76. The molecule has 0 aliphatic carbocycles. The first-order chi connectivity index (χ1) is 9.81. The van der Waals surface area contributed by atoms with Crippen LogP contribution in [0.5, 0.6) is 0 Å². The van der Waals surface area contributed by atoms with Gasteiger partial charge in [-0.3, -0.25) is 0 Å². The maximum Gasteiger partial charge on any atom is 0.172 e. The molecule has 0 atom stereocenters. The van der Waals surface area contributed by atoms with Crippen LogP contribution in [-0.4, -0.2) is 17.6 Å². The summed E-state index contributed by atoms with van der Waals surface area (Å²) in [7, 11) is 0. The Balaban J connectivity index is 2.12. The van der Waals surface area contributed by atoms with Gasteiger partial charge in [0.25, 0.3) is 0 Å². The van der Waals surface area contributed by atoms with Crippen LogP contribution < -0.4 is 10.6 Å². The number of aryl methyl sites for hydroxylation is 1. The van der Waals surface area contributed by atoms with Crippen molar-refractivity contribution in [3.8, 4) is 0 Å². The molecule has 0 spiro atoms. The molecule has 0 bridgehead atoms. The zero-order valence-corrected chi connectivity index (χ0v) is 11.2. The van der Waals surface area contributed by atoms with Crippen LogP contribution in [0.15, 0.2) is 53.7 Å². The molecule has 0 saturated heterocycles. The van der Waals surface area contributed by atoms with Crippen LogP contribution in [0.25, 0.3) is 0 Å². The van der Waals surface area contributed by atoms with Gasteiger partial charge in [-0.2, -0.15) is 0 Å². The average molecular weight is 267 g/mol. The fraction of sp³-hybridized carbons (Fsp3) is 0.188. The monoisotopic (exact) mass is 267 g/mol. The summed E-state index contributed by atoms with van der Waals surface area (Å²) >= 11 is 0. The minimum Gasteiger partial charge on any atom is -0.409 e. The van der Waals surface area contributed by atoms with E-state index in [-0.39, 0.29) is 5.84 Å². The molecule has 1 aliphatic heterocycles. The molecule has 0 saturated carbocycles. The summed E-state index contributed by atoms with van der Waals surface area (Å²) in [6, 6.07) is 16.1. The molecule has 102 valence electrons. The second kappa shape index (κ2) is 5.25. The number of oxime groups is 1. The van der Waals surface area contributed by atoms with Gasteiger partial charge in [0.2, 0.25) is 0 Å². The minimum atomic E-state index is 0.142. The Morgan fingerprint density at radius 1 is 1.05 bits per heavy atom. The molecular formula is C16H17N3O. The van der Waals surface area contributed by atoms with Crippen LogP contribution in [0.4, 0.5) is 11.4 Å². The average Bonchev–Trinajstić information content (AvgIpc) is 2.53. The number of rotatable bonds is 2. The van der Waals surface area contributed by atoms with Gasteiger partial charge in [0, 0.05) is 17.8 Å². The Hall–Kier alpha value is -2.49. The molecule has 2 aromatic carbocycles. The number of nitrogens with two attached hydrogens (primary N) is 1. The molecule has 0 amide bonds. The third-order valence-corrected chi connectivity index (χ3v) is 3.69. The van der Waals surface area contributed by atoms with E-state index in [1.807, 2.05) is 30.3 Å². The van der Waals surface area contributed by atoms with Crippen molar-refractivity contribution >= 4 is 17.2 Å². The Morgan fingerprint density at radius 2 is 1.75 bits per heavy atom. The molecule has 1 heterocycles. The van der Waals surface area contributed by atoms with Crippen LogP contribution in [-0.2, 0) is 6.42 Å². The van der Waals surface area contributed by atoms with Crippen molar-refractivity contribution < 1.29 is 5.21 Å². The number of hydrogen-bond acceptors (Lipinski definition) is 3. The maximum atomic E-state index is 8.95. The Bertz CT molecular complexity index is 652. The molecule has 4 heteroatoms. The second-order valence-electron chi connectivity index (χ2n) is 4.89. The summed E-state index contributed by atoms with van der Waals surface area (Å²) in [5.74, 6) is 0.142. The first-order valence-electron chi connectivity index (χ1n) is 6.73. The van der Waals surface area contributed by atoms with E-state index < -0.39 is 0 Å². The fourth-order valence-corrected chi connectivity index (χ4v) is 2.76. The third-order valence-electron chi connectivity index (χ3n) is 3.69. The van der Waals surface area contributed by atoms with E-state index in [2.05, 4.69) is 28.3 Å². The molecule has 0 unspecified atom stereocenters. The summed E-state index contributed by atoms with van der Waals surface area (Å²) in [5, 5.41) is 12.1. The summed E-state index contributed by atoms with van der Waals surface area (Å²) in [5.41, 5.74) is 10.1. The number of fused-ring (bicyclic) bond motifs is 1. The van der Waals surface area contributed by atoms with Crippen LogP contribution in [0.3, 0.4) is 0 Å². The normalized spacial score (nSPS) is 15.0. The van der Waals surface area contributed by atoms with E-state index in [4.69, 9.17) is 10.9 Å². The molecule has 1 aliphatic rings. The standard InChI is InChI=1S/C16H17N3O/c17-16(18-20)13-8-2-4-10-15(13)19-11-5-7-12-6-1-3-9-14(12)19/h1-4,6,8-10,20H,5,7,11H2,(H2,17,18). The molecule has 20 heavy (non-hydrogen) atoms. The van der Waals surface area contributed by atoms with Crippen LogP contribution >= 0.6 is 0 Å². The third kappa shape index (κ3) is 2.09. The highest BCUT2D eigenvalue weighted by Crippen LogP contribution is 2.34. The van der Waals surface area contributed by atoms with Crippen LogP contribution in [0.2, 0.25) is 0 Å². The van der Waals surface area contributed by atoms with Gasteiger partial charge >= 0.3 is 0 Å². The lowest BCUT2D eigenvalue weighted by atomic mass is 10.00. The van der Waals surface area contributed by atoms with E-state index in [1.165, 1.54) is 11.3 Å². The molecular weight excluding hydrogens is 250 g/mol. The lowest BCUT2D eigenvalue weighted by Crippen LogP contribution is -2.27. The molecule has 2 aromatic rings. The van der Waals surface area contributed by atoms with Crippen LogP contribution in [0.1, 0.15) is 17.5 Å². The summed E-state index contributed by atoms with van der Waals surface area (Å²) in [6.45, 7) is 0.937. The summed E-state index contributed by atoms with van der Waals surface area (Å²) < 4.78 is 0. The Kier molecular flexibility index (Phi) is 3.29. The molecule has 0 fully saturated rings. The Morgan fingerprint density at radius 3 is 2.55 bits per heavy atom. The van der Waals surface area contributed by atoms with Crippen molar-refractivity contribution in [3.05, 3.63) is 59.7 Å². The molecule has 0 aromatic heterocycles. The van der Waals surface area contributed by atoms with Crippen molar-refractivity contribution in [2.24, 2.45) is 10.9 Å². The number of anilines is 2. The SMILES string of the molecule is N/C(=N/O)c1ccccc1N1CCCc2ccccc21. The summed E-state index contributed by atoms with van der Waals surface area (Å²) in [6.07, 6.45) is 2.19. The van der Waals surface area contributed by atoms with Gasteiger partial charge in [0.05, 0.1) is 5.69 Å². The largest absolute Gasteiger partial charge is 0.409 e. The maximum absolute atomic E-state index is 8.95. The van der Waals surface area contributed by atoms with E-state index in [1.54, 1.807) is 0 Å². The van der Waals surface area contributed by atoms with Gasteiger partial charge < -0.3 is 15.8 Å². The highest BCUT2D eigenvalue weighted by molar-refractivity contribution is 6.03. The quantitative estimate of drug-likeness (QED) is 0.380. The van der Waals surface area contributed by atoms with Crippen LogP contribution in [0, 0.1) is 0 Å². The van der Waals surface area contributed by atoms with Gasteiger partial charge in [-0.05, 0) is 36.6 Å².